The van der Waals surface area contributed by atoms with E-state index in [1.54, 1.807) is 13.0 Å². The molecular weight excluding hydrogens is 359 g/mol. The maximum absolute atomic E-state index is 13.8. The molecule has 1 heterocycles. The molecule has 1 saturated carbocycles. The molecule has 7 heteroatoms. The molecule has 3 rings (SSSR count). The van der Waals surface area contributed by atoms with Crippen LogP contribution in [-0.2, 0) is 17.4 Å². The van der Waals surface area contributed by atoms with Gasteiger partial charge in [0, 0.05) is 12.5 Å². The third-order valence-electron chi connectivity index (χ3n) is 5.27. The predicted octanol–water partition coefficient (Wildman–Crippen LogP) is 4.32. The van der Waals surface area contributed by atoms with Crippen molar-refractivity contribution in [2.45, 2.75) is 70.7 Å². The highest BCUT2D eigenvalue weighted by molar-refractivity contribution is 5.98. The van der Waals surface area contributed by atoms with Gasteiger partial charge in [0.2, 0.25) is 5.91 Å². The molecule has 1 N–H and O–H groups in total. The van der Waals surface area contributed by atoms with Crippen molar-refractivity contribution in [1.82, 2.24) is 0 Å². The van der Waals surface area contributed by atoms with Gasteiger partial charge in [0.25, 0.3) is 0 Å². The Morgan fingerprint density at radius 3 is 2.52 bits per heavy atom. The molecule has 1 aromatic rings. The summed E-state index contributed by atoms with van der Waals surface area (Å²) in [6.45, 7) is 6.03. The summed E-state index contributed by atoms with van der Waals surface area (Å²) in [5.74, 6) is 0.267. The van der Waals surface area contributed by atoms with Gasteiger partial charge in [0.15, 0.2) is 0 Å². The minimum absolute atomic E-state index is 0.0598. The number of amides is 1. The number of aryl methyl sites for hydroxylation is 1. The Morgan fingerprint density at radius 1 is 1.30 bits per heavy atom. The Kier molecular flexibility index (Phi) is 5.18. The molecule has 1 aromatic carbocycles. The van der Waals surface area contributed by atoms with Crippen molar-refractivity contribution in [2.75, 3.05) is 11.5 Å². The summed E-state index contributed by atoms with van der Waals surface area (Å²) in [4.78, 5) is 13.7. The molecule has 0 atom stereocenters. The van der Waals surface area contributed by atoms with Gasteiger partial charge in [-0.3, -0.25) is 4.79 Å². The summed E-state index contributed by atoms with van der Waals surface area (Å²) in [5, 5.41) is 9.98. The average Bonchev–Trinajstić information content (AvgIpc) is 2.51. The number of nitrogens with zero attached hydrogens (tertiary/aromatic N) is 1. The predicted molar refractivity (Wildman–Crippen MR) is 95.8 cm³/mol. The van der Waals surface area contributed by atoms with Crippen LogP contribution in [0.25, 0.3) is 0 Å². The molecule has 1 aliphatic carbocycles. The minimum Gasteiger partial charge on any atom is -0.494 e. The first-order valence-electron chi connectivity index (χ1n) is 9.39. The fraction of sp³-hybridized carbons (Fsp3) is 0.650. The van der Waals surface area contributed by atoms with Crippen LogP contribution in [-0.4, -0.2) is 29.3 Å². The van der Waals surface area contributed by atoms with Gasteiger partial charge in [-0.15, -0.1) is 0 Å². The van der Waals surface area contributed by atoms with Crippen molar-refractivity contribution < 1.29 is 27.8 Å². The lowest BCUT2D eigenvalue weighted by Crippen LogP contribution is -2.57. The highest BCUT2D eigenvalue weighted by atomic mass is 19.4. The first-order chi connectivity index (χ1) is 12.5. The van der Waals surface area contributed by atoms with E-state index in [1.807, 2.05) is 13.8 Å². The fourth-order valence-corrected chi connectivity index (χ4v) is 3.86. The largest absolute Gasteiger partial charge is 0.494 e. The zero-order valence-corrected chi connectivity index (χ0v) is 15.9. The van der Waals surface area contributed by atoms with Crippen LogP contribution in [0.4, 0.5) is 18.9 Å². The summed E-state index contributed by atoms with van der Waals surface area (Å²) in [5.41, 5.74) is -1.34. The Morgan fingerprint density at radius 2 is 1.96 bits per heavy atom. The van der Waals surface area contributed by atoms with Crippen LogP contribution in [0.1, 0.15) is 57.6 Å². The molecule has 1 aliphatic heterocycles. The van der Waals surface area contributed by atoms with Crippen LogP contribution in [0.5, 0.6) is 5.75 Å². The van der Waals surface area contributed by atoms with Crippen LogP contribution in [0, 0.1) is 5.92 Å². The molecule has 4 nitrogen and oxygen atoms in total. The highest BCUT2D eigenvalue weighted by Gasteiger charge is 2.48. The quantitative estimate of drug-likeness (QED) is 0.821. The lowest BCUT2D eigenvalue weighted by atomic mass is 9.75. The monoisotopic (exact) mass is 385 g/mol. The summed E-state index contributed by atoms with van der Waals surface area (Å²) in [6.07, 6.45) is -2.86. The number of alkyl halides is 3. The standard InChI is InChI=1S/C20H26F3NO3/c1-12(2)6-7-27-15-8-13-4-5-17(25)24(14-10-19(3,26)11-14)18(13)16(9-15)20(21,22)23/h8-9,12,14,26H,4-7,10-11H2,1-3H3/t14-,19+. The van der Waals surface area contributed by atoms with Gasteiger partial charge in [-0.25, -0.2) is 0 Å². The Bertz CT molecular complexity index is 720. The topological polar surface area (TPSA) is 49.8 Å². The number of rotatable bonds is 5. The molecule has 150 valence electrons. The molecule has 0 bridgehead atoms. The van der Waals surface area contributed by atoms with Gasteiger partial charge < -0.3 is 14.7 Å². The molecule has 0 aromatic heterocycles. The van der Waals surface area contributed by atoms with Gasteiger partial charge in [0.05, 0.1) is 23.5 Å². The van der Waals surface area contributed by atoms with Crippen molar-refractivity contribution in [1.29, 1.82) is 0 Å². The average molecular weight is 385 g/mol. The van der Waals surface area contributed by atoms with E-state index in [1.165, 1.54) is 4.90 Å². The van der Waals surface area contributed by atoms with E-state index in [-0.39, 0.29) is 43.0 Å². The van der Waals surface area contributed by atoms with Crippen LogP contribution in [0.2, 0.25) is 0 Å². The molecule has 1 amide bonds. The number of fused-ring (bicyclic) bond motifs is 1. The van der Waals surface area contributed by atoms with Crippen LogP contribution in [0.3, 0.4) is 0 Å². The van der Waals surface area contributed by atoms with Crippen molar-refractivity contribution in [3.8, 4) is 5.75 Å². The minimum atomic E-state index is -4.59. The smallest absolute Gasteiger partial charge is 0.418 e. The summed E-state index contributed by atoms with van der Waals surface area (Å²) in [7, 11) is 0. The highest BCUT2D eigenvalue weighted by Crippen LogP contribution is 2.47. The molecule has 0 radical (unpaired) electrons. The van der Waals surface area contributed by atoms with E-state index < -0.39 is 23.4 Å². The molecule has 0 spiro atoms. The zero-order chi connectivity index (χ0) is 20.0. The lowest BCUT2D eigenvalue weighted by Gasteiger charge is -2.48. The number of carbonyl (C=O) groups is 1. The van der Waals surface area contributed by atoms with Crippen molar-refractivity contribution >= 4 is 11.6 Å². The van der Waals surface area contributed by atoms with E-state index >= 15 is 0 Å². The van der Waals surface area contributed by atoms with Gasteiger partial charge in [-0.1, -0.05) is 13.8 Å². The van der Waals surface area contributed by atoms with Gasteiger partial charge in [-0.05, 0) is 56.2 Å². The lowest BCUT2D eigenvalue weighted by molar-refractivity contribution is -0.137. The summed E-state index contributed by atoms with van der Waals surface area (Å²) < 4.78 is 47.0. The fourth-order valence-electron chi connectivity index (χ4n) is 3.86. The van der Waals surface area contributed by atoms with Gasteiger partial charge in [0.1, 0.15) is 5.75 Å². The number of hydrogen-bond acceptors (Lipinski definition) is 3. The van der Waals surface area contributed by atoms with E-state index in [0.717, 1.165) is 12.5 Å². The molecular formula is C20H26F3NO3. The van der Waals surface area contributed by atoms with E-state index in [4.69, 9.17) is 4.74 Å². The van der Waals surface area contributed by atoms with Crippen LogP contribution >= 0.6 is 0 Å². The zero-order valence-electron chi connectivity index (χ0n) is 15.9. The molecule has 2 aliphatic rings. The number of anilines is 1. The maximum atomic E-state index is 13.8. The molecule has 0 saturated heterocycles. The second kappa shape index (κ2) is 7.00. The first-order valence-corrected chi connectivity index (χ1v) is 9.39. The molecule has 0 unspecified atom stereocenters. The number of ether oxygens (including phenoxy) is 1. The third-order valence-corrected chi connectivity index (χ3v) is 5.27. The van der Waals surface area contributed by atoms with E-state index in [9.17, 15) is 23.1 Å². The number of halogens is 3. The van der Waals surface area contributed by atoms with E-state index in [2.05, 4.69) is 0 Å². The molecule has 1 fully saturated rings. The Labute approximate surface area is 157 Å². The third kappa shape index (κ3) is 4.23. The van der Waals surface area contributed by atoms with Crippen LogP contribution < -0.4 is 9.64 Å². The number of carbonyl (C=O) groups excluding carboxylic acids is 1. The second-order valence-electron chi connectivity index (χ2n) is 8.33. The Balaban J connectivity index is 1.97. The van der Waals surface area contributed by atoms with Crippen LogP contribution in [0.15, 0.2) is 12.1 Å². The molecule has 27 heavy (non-hydrogen) atoms. The normalized spacial score (nSPS) is 25.4. The van der Waals surface area contributed by atoms with Crippen molar-refractivity contribution in [3.63, 3.8) is 0 Å². The second-order valence-corrected chi connectivity index (χ2v) is 8.33. The Hall–Kier alpha value is -1.76. The summed E-state index contributed by atoms with van der Waals surface area (Å²) in [6, 6.07) is 2.23. The summed E-state index contributed by atoms with van der Waals surface area (Å²) >= 11 is 0. The number of aliphatic hydroxyl groups is 1. The van der Waals surface area contributed by atoms with E-state index in [0.29, 0.717) is 18.1 Å². The van der Waals surface area contributed by atoms with Crippen molar-refractivity contribution in [3.05, 3.63) is 23.3 Å². The maximum Gasteiger partial charge on any atom is 0.418 e. The van der Waals surface area contributed by atoms with Gasteiger partial charge in [-0.2, -0.15) is 13.2 Å². The van der Waals surface area contributed by atoms with Gasteiger partial charge >= 0.3 is 6.18 Å². The number of benzene rings is 1. The number of hydrogen-bond donors (Lipinski definition) is 1. The SMILES string of the molecule is CC(C)CCOc1cc2c(c(C(F)(F)F)c1)N([C@H]1C[C@@](C)(O)C1)C(=O)CC2. The van der Waals surface area contributed by atoms with Crippen molar-refractivity contribution in [2.24, 2.45) is 5.92 Å². The first kappa shape index (κ1) is 20.0.